The number of likely N-dealkylation sites (N-methyl/N-ethyl adjacent to an activating group) is 1. The number of unbranched alkanes of at least 4 members (excludes halogenated alkanes) is 1. The maximum absolute atomic E-state index is 14.9. The van der Waals surface area contributed by atoms with E-state index in [9.17, 15) is 24.0 Å². The molecule has 0 radical (unpaired) electrons. The lowest BCUT2D eigenvalue weighted by molar-refractivity contribution is -0.149. The molecule has 2 aromatic carbocycles. The van der Waals surface area contributed by atoms with Crippen LogP contribution in [0.5, 0.6) is 5.75 Å². The molecule has 1 aromatic heterocycles. The Bertz CT molecular complexity index is 2270. The number of carbonyl (C=O) groups excluding carboxylic acids is 5. The first-order chi connectivity index (χ1) is 36.3. The molecule has 76 heavy (non-hydrogen) atoms. The zero-order valence-corrected chi connectivity index (χ0v) is 48.4. The summed E-state index contributed by atoms with van der Waals surface area (Å²) in [6.45, 7) is 23.4. The fourth-order valence-electron chi connectivity index (χ4n) is 10.1. The first kappa shape index (κ1) is 61.7. The van der Waals surface area contributed by atoms with Crippen LogP contribution in [0.15, 0.2) is 60.0 Å². The summed E-state index contributed by atoms with van der Waals surface area (Å²) in [6.07, 6.45) is 7.00. The Kier molecular flexibility index (Phi) is 24.5. The van der Waals surface area contributed by atoms with Crippen molar-refractivity contribution in [3.63, 3.8) is 0 Å². The van der Waals surface area contributed by atoms with Gasteiger partial charge in [-0.05, 0) is 121 Å². The molecular weight excluding hydrogens is 983 g/mol. The van der Waals surface area contributed by atoms with Gasteiger partial charge in [0.15, 0.2) is 0 Å². The fraction of sp³-hybridized carbons (Fsp3) is 0.661. The molecule has 1 aliphatic heterocycles. The van der Waals surface area contributed by atoms with Crippen molar-refractivity contribution >= 4 is 41.3 Å². The topological polar surface area (TPSA) is 190 Å². The highest BCUT2D eigenvalue weighted by molar-refractivity contribution is 7.09. The number of aromatic nitrogens is 1. The lowest BCUT2D eigenvalue weighted by Gasteiger charge is -2.40. The Morgan fingerprint density at radius 2 is 1.61 bits per heavy atom. The summed E-state index contributed by atoms with van der Waals surface area (Å²) >= 11 is 1.56. The van der Waals surface area contributed by atoms with Crippen LogP contribution in [0.25, 0.3) is 0 Å². The lowest BCUT2D eigenvalue weighted by Crippen LogP contribution is -2.58. The van der Waals surface area contributed by atoms with Gasteiger partial charge in [-0.3, -0.25) is 19.3 Å². The molecule has 16 nitrogen and oxygen atoms in total. The maximum Gasteiger partial charge on any atom is 0.412 e. The summed E-state index contributed by atoms with van der Waals surface area (Å²) in [5, 5.41) is 15.5. The monoisotopic (exact) mass is 1070 g/mol. The van der Waals surface area contributed by atoms with Gasteiger partial charge in [-0.2, -0.15) is 0 Å². The van der Waals surface area contributed by atoms with Crippen LogP contribution in [0, 0.1) is 17.8 Å². The van der Waals surface area contributed by atoms with Gasteiger partial charge in [0, 0.05) is 62.1 Å². The van der Waals surface area contributed by atoms with Gasteiger partial charge in [0.2, 0.25) is 11.8 Å². The van der Waals surface area contributed by atoms with E-state index in [4.69, 9.17) is 23.9 Å². The number of rotatable bonds is 30. The average molecular weight is 1070 g/mol. The molecule has 3 aromatic rings. The van der Waals surface area contributed by atoms with Gasteiger partial charge >= 0.3 is 18.2 Å². The van der Waals surface area contributed by atoms with E-state index in [0.717, 1.165) is 73.3 Å². The van der Waals surface area contributed by atoms with Gasteiger partial charge in [-0.15, -0.1) is 11.3 Å². The highest BCUT2D eigenvalue weighted by atomic mass is 32.1. The summed E-state index contributed by atoms with van der Waals surface area (Å²) in [4.78, 5) is 76.1. The number of hydrogen-bond acceptors (Lipinski definition) is 13. The standard InChI is InChI=1S/C59H91N7O9S/c1-12-31-66(54(68)51(41(6)14-3)64-52(67)48-24-18-21-32-65(48)11)49(40(4)5)34-50(72-33-13-2)53-63-45(39-76-53)37-62-59(35-42(7)55(69)73-38-43-22-16-15-17-23-43)36-47(59)44-25-27-46(28-26-44)74-56(70)60-29-19-20-30-61-57(71)75-58(8,9)10/h15-17,22-23,25-28,39-42,47-51,62H,12-14,18-21,24,29-38H2,1-11H3,(H,60,70)(H,61,71)(H,64,67)/t41-,42-,47?,48+,49+,50+,51-,59?/m0/s1. The van der Waals surface area contributed by atoms with E-state index in [1.165, 1.54) is 0 Å². The number of likely N-dealkylation sites (tertiary alicyclic amines) is 1. The second-order valence-corrected chi connectivity index (χ2v) is 23.4. The van der Waals surface area contributed by atoms with Crippen molar-refractivity contribution in [3.05, 3.63) is 81.8 Å². The van der Waals surface area contributed by atoms with Crippen molar-refractivity contribution in [2.75, 3.05) is 39.8 Å². The first-order valence-corrected chi connectivity index (χ1v) is 29.0. The quantitative estimate of drug-likeness (QED) is 0.0366. The number of piperidine rings is 1. The van der Waals surface area contributed by atoms with Crippen LogP contribution in [0.1, 0.15) is 174 Å². The number of carbonyl (C=O) groups is 5. The lowest BCUT2D eigenvalue weighted by atomic mass is 9.92. The number of benzene rings is 2. The van der Waals surface area contributed by atoms with E-state index in [0.29, 0.717) is 64.2 Å². The van der Waals surface area contributed by atoms with E-state index >= 15 is 0 Å². The predicted molar refractivity (Wildman–Crippen MR) is 299 cm³/mol. The van der Waals surface area contributed by atoms with E-state index in [1.807, 2.05) is 82.1 Å². The molecule has 0 bridgehead atoms. The summed E-state index contributed by atoms with van der Waals surface area (Å²) in [5.41, 5.74) is 1.83. The van der Waals surface area contributed by atoms with Crippen LogP contribution >= 0.6 is 11.3 Å². The zero-order valence-electron chi connectivity index (χ0n) is 47.5. The number of alkyl carbamates (subject to hydrolysis) is 1. The Hall–Kier alpha value is -5.10. The number of nitrogens with one attached hydrogen (secondary N) is 4. The first-order valence-electron chi connectivity index (χ1n) is 28.1. The van der Waals surface area contributed by atoms with E-state index < -0.39 is 35.3 Å². The van der Waals surface area contributed by atoms with Crippen LogP contribution in [-0.4, -0.2) is 114 Å². The summed E-state index contributed by atoms with van der Waals surface area (Å²) in [7, 11) is 2.00. The molecule has 1 saturated carbocycles. The molecule has 1 aliphatic carbocycles. The summed E-state index contributed by atoms with van der Waals surface area (Å²) in [6, 6.07) is 16.2. The van der Waals surface area contributed by atoms with Crippen molar-refractivity contribution in [3.8, 4) is 5.75 Å². The minimum absolute atomic E-state index is 0.0373. The minimum atomic E-state index is -0.636. The number of ether oxygens (including phenoxy) is 4. The summed E-state index contributed by atoms with van der Waals surface area (Å²) in [5.74, 6) is -0.239. The molecule has 4 N–H and O–H groups in total. The van der Waals surface area contributed by atoms with Crippen molar-refractivity contribution in [1.82, 2.24) is 36.1 Å². The van der Waals surface area contributed by atoms with Crippen molar-refractivity contribution in [2.24, 2.45) is 17.8 Å². The molecule has 2 unspecified atom stereocenters. The van der Waals surface area contributed by atoms with Crippen molar-refractivity contribution in [1.29, 1.82) is 0 Å². The Balaban J connectivity index is 1.27. The molecule has 17 heteroatoms. The van der Waals surface area contributed by atoms with Crippen LogP contribution in [0.2, 0.25) is 0 Å². The Labute approximate surface area is 457 Å². The third-order valence-corrected chi connectivity index (χ3v) is 15.6. The SMILES string of the molecule is CCCO[C@H](C[C@H](C(C)C)N(CCC)C(=O)[C@@H](NC(=O)[C@H]1CCCCN1C)[C@@H](C)CC)c1nc(CNC2(C[C@H](C)C(=O)OCc3ccccc3)CC2c2ccc(OC(=O)NCCCCNC(=O)OC(C)(C)C)cc2)cs1. The minimum Gasteiger partial charge on any atom is -0.461 e. The molecule has 2 fully saturated rings. The molecule has 2 aliphatic rings. The molecule has 4 amide bonds. The van der Waals surface area contributed by atoms with Crippen LogP contribution in [0.4, 0.5) is 9.59 Å². The molecule has 8 atom stereocenters. The van der Waals surface area contributed by atoms with Crippen LogP contribution in [0.3, 0.4) is 0 Å². The molecule has 5 rings (SSSR count). The van der Waals surface area contributed by atoms with E-state index in [2.05, 4.69) is 73.1 Å². The van der Waals surface area contributed by atoms with E-state index in [-0.39, 0.29) is 60.3 Å². The normalized spacial score (nSPS) is 19.6. The highest BCUT2D eigenvalue weighted by Crippen LogP contribution is 2.55. The molecule has 2 heterocycles. The third kappa shape index (κ3) is 19.1. The Morgan fingerprint density at radius 1 is 0.908 bits per heavy atom. The zero-order chi connectivity index (χ0) is 55.4. The predicted octanol–water partition coefficient (Wildman–Crippen LogP) is 10.5. The number of esters is 1. The van der Waals surface area contributed by atoms with Gasteiger partial charge in [0.05, 0.1) is 17.7 Å². The van der Waals surface area contributed by atoms with E-state index in [1.54, 1.807) is 23.5 Å². The second-order valence-electron chi connectivity index (χ2n) is 22.5. The average Bonchev–Trinajstić information content (AvgIpc) is 3.89. The van der Waals surface area contributed by atoms with Crippen molar-refractivity contribution < 1.29 is 42.9 Å². The molecule has 0 spiro atoms. The number of thiazole rings is 1. The smallest absolute Gasteiger partial charge is 0.412 e. The maximum atomic E-state index is 14.9. The molecule has 1 saturated heterocycles. The number of hydrogen-bond donors (Lipinski definition) is 4. The molecule has 422 valence electrons. The van der Waals surface area contributed by atoms with Gasteiger partial charge in [0.1, 0.15) is 35.1 Å². The number of amides is 4. The van der Waals surface area contributed by atoms with Gasteiger partial charge in [-0.1, -0.05) is 104 Å². The van der Waals surface area contributed by atoms with Crippen molar-refractivity contribution in [2.45, 2.75) is 194 Å². The second kappa shape index (κ2) is 30.2. The molecular formula is C59H91N7O9S. The largest absolute Gasteiger partial charge is 0.461 e. The van der Waals surface area contributed by atoms with Crippen LogP contribution in [-0.2, 0) is 41.7 Å². The fourth-order valence-corrected chi connectivity index (χ4v) is 11.0. The highest BCUT2D eigenvalue weighted by Gasteiger charge is 2.55. The number of nitrogens with zero attached hydrogens (tertiary/aromatic N) is 3. The summed E-state index contributed by atoms with van der Waals surface area (Å²) < 4.78 is 23.3. The van der Waals surface area contributed by atoms with Gasteiger partial charge < -0.3 is 45.1 Å². The third-order valence-electron chi connectivity index (χ3n) is 14.6. The Morgan fingerprint density at radius 3 is 2.24 bits per heavy atom. The van der Waals surface area contributed by atoms with Gasteiger partial charge in [0.25, 0.3) is 0 Å². The van der Waals surface area contributed by atoms with Crippen LogP contribution < -0.4 is 26.0 Å². The van der Waals surface area contributed by atoms with Gasteiger partial charge in [-0.25, -0.2) is 14.6 Å².